The number of hydrogen-bond acceptors (Lipinski definition) is 10. The average molecular weight is 843 g/mol. The molecule has 4 heterocycles. The summed E-state index contributed by atoms with van der Waals surface area (Å²) >= 11 is 0. The Morgan fingerprint density at radius 2 is 1.40 bits per heavy atom. The van der Waals surface area contributed by atoms with Gasteiger partial charge < -0.3 is 29.5 Å². The number of cyclic esters (lactones) is 1. The van der Waals surface area contributed by atoms with E-state index in [1.807, 2.05) is 77.7 Å². The standard InChI is InChI=1S/C49H54N4O9/c1-31(2)39(45(56)60-3)50-48(59)52-37-22-14-13-21-36(37)49(47(52)58)38(44(55)51-27-15-5-4-6-16-28-51)41-46(57)62-42(33-19-11-8-12-20-33)40(32-17-9-7-10-18-32)53(41)43(49)34-23-25-35(26-24-34)61-30-29-54/h7-14,17-26,31,38-43,54H,4-6,15-16,27-30H2,1-3H3,(H,50,59)/t38-,39+,40-,41-,42+,43+,49-/m1/s1. The summed E-state index contributed by atoms with van der Waals surface area (Å²) in [6.07, 6.45) is 3.58. The van der Waals surface area contributed by atoms with E-state index in [2.05, 4.69) is 5.32 Å². The lowest BCUT2D eigenvalue weighted by molar-refractivity contribution is -0.179. The van der Waals surface area contributed by atoms with Crippen molar-refractivity contribution in [1.82, 2.24) is 15.1 Å². The van der Waals surface area contributed by atoms with E-state index in [0.717, 1.165) is 48.1 Å². The molecule has 3 saturated heterocycles. The SMILES string of the molecule is COC(=O)[C@@H](NC(=O)N1C(=O)[C@@]2(c3ccccc31)[C@H](c1ccc(OCCO)cc1)N1[C@H](c3ccccc3)[C@H](c3ccccc3)OC(=O)[C@H]1[C@@H]2C(=O)N1CCCCCCC1)C(C)C. The molecule has 0 unspecified atom stereocenters. The maximum atomic E-state index is 16.3. The maximum absolute atomic E-state index is 16.3. The van der Waals surface area contributed by atoms with Crippen LogP contribution in [0, 0.1) is 11.8 Å². The first-order valence-corrected chi connectivity index (χ1v) is 21.7. The number of aliphatic hydroxyl groups excluding tert-OH is 1. The Hall–Kier alpha value is -6.05. The van der Waals surface area contributed by atoms with Gasteiger partial charge in [-0.2, -0.15) is 0 Å². The van der Waals surface area contributed by atoms with Gasteiger partial charge in [0.25, 0.3) is 0 Å². The zero-order chi connectivity index (χ0) is 43.5. The van der Waals surface area contributed by atoms with Crippen LogP contribution in [0.1, 0.15) is 86.4 Å². The van der Waals surface area contributed by atoms with Crippen molar-refractivity contribution in [3.63, 3.8) is 0 Å². The number of urea groups is 1. The number of benzene rings is 4. The summed E-state index contributed by atoms with van der Waals surface area (Å²) in [5.74, 6) is -3.68. The smallest absolute Gasteiger partial charge is 0.329 e. The van der Waals surface area contributed by atoms with Crippen LogP contribution in [0.15, 0.2) is 109 Å². The van der Waals surface area contributed by atoms with Crippen LogP contribution in [-0.4, -0.2) is 90.2 Å². The minimum atomic E-state index is -1.89. The number of ether oxygens (including phenoxy) is 3. The Kier molecular flexibility index (Phi) is 12.5. The predicted molar refractivity (Wildman–Crippen MR) is 230 cm³/mol. The van der Waals surface area contributed by atoms with Crippen molar-refractivity contribution in [3.05, 3.63) is 131 Å². The van der Waals surface area contributed by atoms with Crippen molar-refractivity contribution in [1.29, 1.82) is 0 Å². The molecule has 13 nitrogen and oxygen atoms in total. The molecule has 1 spiro atoms. The number of aliphatic hydroxyl groups is 1. The van der Waals surface area contributed by atoms with E-state index in [1.54, 1.807) is 55.1 Å². The summed E-state index contributed by atoms with van der Waals surface area (Å²) in [6, 6.07) is 28.2. The van der Waals surface area contributed by atoms with Crippen LogP contribution in [0.4, 0.5) is 10.5 Å². The molecule has 4 aromatic carbocycles. The number of anilines is 1. The molecule has 2 N–H and O–H groups in total. The molecule has 0 aliphatic carbocycles. The number of rotatable bonds is 10. The van der Waals surface area contributed by atoms with Crippen LogP contribution < -0.4 is 15.0 Å². The van der Waals surface area contributed by atoms with Gasteiger partial charge in [-0.25, -0.2) is 14.5 Å². The molecule has 4 aromatic rings. The predicted octanol–water partition coefficient (Wildman–Crippen LogP) is 6.42. The van der Waals surface area contributed by atoms with Crippen LogP contribution >= 0.6 is 0 Å². The zero-order valence-corrected chi connectivity index (χ0v) is 35.4. The number of methoxy groups -OCH3 is 1. The van der Waals surface area contributed by atoms with Gasteiger partial charge in [0.05, 0.1) is 37.4 Å². The molecule has 3 fully saturated rings. The fourth-order valence-electron chi connectivity index (χ4n) is 10.2. The number of hydrogen-bond donors (Lipinski definition) is 2. The highest BCUT2D eigenvalue weighted by molar-refractivity contribution is 6.25. The quantitative estimate of drug-likeness (QED) is 0.171. The largest absolute Gasteiger partial charge is 0.491 e. The summed E-state index contributed by atoms with van der Waals surface area (Å²) in [5.41, 5.74) is 0.880. The number of amides is 4. The number of esters is 2. The van der Waals surface area contributed by atoms with Gasteiger partial charge in [-0.3, -0.25) is 19.3 Å². The second kappa shape index (κ2) is 18.1. The number of nitrogens with zero attached hydrogens (tertiary/aromatic N) is 3. The molecule has 62 heavy (non-hydrogen) atoms. The van der Waals surface area contributed by atoms with Crippen LogP contribution in [0.3, 0.4) is 0 Å². The molecule has 0 saturated carbocycles. The third-order valence-corrected chi connectivity index (χ3v) is 13.0. The molecule has 7 atom stereocenters. The van der Waals surface area contributed by atoms with Gasteiger partial charge in [0.2, 0.25) is 11.8 Å². The lowest BCUT2D eigenvalue weighted by atomic mass is 9.65. The first-order valence-electron chi connectivity index (χ1n) is 21.7. The van der Waals surface area contributed by atoms with Crippen molar-refractivity contribution in [2.45, 2.75) is 81.6 Å². The fourth-order valence-corrected chi connectivity index (χ4v) is 10.2. The lowest BCUT2D eigenvalue weighted by Gasteiger charge is -2.46. The lowest BCUT2D eigenvalue weighted by Crippen LogP contribution is -2.58. The molecule has 0 radical (unpaired) electrons. The van der Waals surface area contributed by atoms with E-state index in [1.165, 1.54) is 7.11 Å². The van der Waals surface area contributed by atoms with E-state index >= 15 is 14.4 Å². The van der Waals surface area contributed by atoms with E-state index in [4.69, 9.17) is 14.2 Å². The second-order valence-corrected chi connectivity index (χ2v) is 16.9. The highest BCUT2D eigenvalue weighted by atomic mass is 16.6. The number of morpholine rings is 1. The van der Waals surface area contributed by atoms with Crippen LogP contribution in [0.5, 0.6) is 5.75 Å². The molecule has 0 aromatic heterocycles. The van der Waals surface area contributed by atoms with Crippen LogP contribution in [0.2, 0.25) is 0 Å². The highest BCUT2D eigenvalue weighted by Crippen LogP contribution is 2.66. The average Bonchev–Trinajstić information content (AvgIpc) is 3.74. The summed E-state index contributed by atoms with van der Waals surface area (Å²) in [5, 5.41) is 12.3. The van der Waals surface area contributed by atoms with Crippen molar-refractivity contribution in [2.24, 2.45) is 11.8 Å². The summed E-state index contributed by atoms with van der Waals surface area (Å²) in [6.45, 7) is 4.28. The third kappa shape index (κ3) is 7.40. The van der Waals surface area contributed by atoms with Gasteiger partial charge in [-0.05, 0) is 59.2 Å². The highest BCUT2D eigenvalue weighted by Gasteiger charge is 2.76. The Balaban J connectivity index is 1.41. The number of imide groups is 1. The number of likely N-dealkylation sites (tertiary alicyclic amines) is 1. The van der Waals surface area contributed by atoms with E-state index < -0.39 is 71.4 Å². The van der Waals surface area contributed by atoms with E-state index in [0.29, 0.717) is 30.0 Å². The molecule has 0 bridgehead atoms. The maximum Gasteiger partial charge on any atom is 0.329 e. The molecule has 324 valence electrons. The van der Waals surface area contributed by atoms with E-state index in [9.17, 15) is 14.7 Å². The summed E-state index contributed by atoms with van der Waals surface area (Å²) in [4.78, 5) is 80.2. The Morgan fingerprint density at radius 3 is 2.03 bits per heavy atom. The van der Waals surface area contributed by atoms with Crippen molar-refractivity contribution >= 4 is 35.5 Å². The molecule has 13 heteroatoms. The van der Waals surface area contributed by atoms with Crippen molar-refractivity contribution in [3.8, 4) is 5.75 Å². The van der Waals surface area contributed by atoms with Crippen LogP contribution in [-0.2, 0) is 34.1 Å². The zero-order valence-electron chi connectivity index (χ0n) is 35.4. The Morgan fingerprint density at radius 1 is 0.790 bits per heavy atom. The molecule has 8 rings (SSSR count). The molecular weight excluding hydrogens is 789 g/mol. The third-order valence-electron chi connectivity index (χ3n) is 13.0. The number of carbonyl (C=O) groups is 5. The van der Waals surface area contributed by atoms with Crippen molar-refractivity contribution < 1.29 is 43.3 Å². The first kappa shape index (κ1) is 42.6. The van der Waals surface area contributed by atoms with E-state index in [-0.39, 0.29) is 24.8 Å². The number of para-hydroxylation sites is 1. The fraction of sp³-hybridized carbons (Fsp3) is 0.408. The molecule has 4 aliphatic heterocycles. The van der Waals surface area contributed by atoms with Crippen LogP contribution in [0.25, 0.3) is 0 Å². The monoisotopic (exact) mass is 842 g/mol. The second-order valence-electron chi connectivity index (χ2n) is 16.9. The summed E-state index contributed by atoms with van der Waals surface area (Å²) < 4.78 is 17.4. The Labute approximate surface area is 361 Å². The molecular formula is C49H54N4O9. The van der Waals surface area contributed by atoms with Gasteiger partial charge in [0.1, 0.15) is 36.0 Å². The van der Waals surface area contributed by atoms with Gasteiger partial charge >= 0.3 is 18.0 Å². The van der Waals surface area contributed by atoms with Gasteiger partial charge in [-0.1, -0.05) is 124 Å². The summed E-state index contributed by atoms with van der Waals surface area (Å²) in [7, 11) is 1.24. The number of fused-ring (bicyclic) bond motifs is 3. The van der Waals surface area contributed by atoms with Gasteiger partial charge in [0.15, 0.2) is 0 Å². The minimum absolute atomic E-state index is 0.0624. The first-order chi connectivity index (χ1) is 30.1. The number of carbonyl (C=O) groups excluding carboxylic acids is 5. The van der Waals surface area contributed by atoms with Gasteiger partial charge in [0, 0.05) is 13.1 Å². The molecule has 4 aliphatic rings. The normalized spacial score (nSPS) is 25.3. The molecule has 4 amide bonds. The minimum Gasteiger partial charge on any atom is -0.491 e. The van der Waals surface area contributed by atoms with Crippen molar-refractivity contribution in [2.75, 3.05) is 38.3 Å². The topological polar surface area (TPSA) is 155 Å². The Bertz CT molecular complexity index is 2260. The number of nitrogens with one attached hydrogen (secondary N) is 1. The van der Waals surface area contributed by atoms with Gasteiger partial charge in [-0.15, -0.1) is 0 Å².